The van der Waals surface area contributed by atoms with E-state index in [-0.39, 0.29) is 11.7 Å². The van der Waals surface area contributed by atoms with Gasteiger partial charge in [0.2, 0.25) is 0 Å². The number of nitrogens with one attached hydrogen (secondary N) is 1. The Bertz CT molecular complexity index is 666. The molecule has 1 N–H and O–H groups in total. The van der Waals surface area contributed by atoms with Crippen molar-refractivity contribution in [1.82, 2.24) is 15.1 Å². The maximum atomic E-state index is 14.0. The van der Waals surface area contributed by atoms with Crippen LogP contribution in [0.3, 0.4) is 0 Å². The molecule has 0 bridgehead atoms. The van der Waals surface area contributed by atoms with Crippen molar-refractivity contribution in [2.24, 2.45) is 0 Å². The molecule has 1 aliphatic carbocycles. The second-order valence-electron chi connectivity index (χ2n) is 5.26. The first-order chi connectivity index (χ1) is 10.1. The first-order valence-electron chi connectivity index (χ1n) is 7.00. The maximum Gasteiger partial charge on any atom is 0.161 e. The molecule has 1 atom stereocenters. The molecule has 21 heavy (non-hydrogen) atoms. The summed E-state index contributed by atoms with van der Waals surface area (Å²) in [5.41, 5.74) is 1.81. The van der Waals surface area contributed by atoms with Crippen molar-refractivity contribution in [1.29, 1.82) is 0 Å². The van der Waals surface area contributed by atoms with E-state index in [1.165, 1.54) is 4.68 Å². The van der Waals surface area contributed by atoms with E-state index in [2.05, 4.69) is 10.4 Å². The topological polar surface area (TPSA) is 29.9 Å². The molecule has 3 rings (SSSR count). The molecule has 1 aromatic carbocycles. The van der Waals surface area contributed by atoms with E-state index in [4.69, 9.17) is 0 Å². The molecule has 3 nitrogen and oxygen atoms in total. The number of aromatic nitrogens is 2. The highest BCUT2D eigenvalue weighted by Gasteiger charge is 2.23. The number of hydrogen-bond donors (Lipinski definition) is 1. The van der Waals surface area contributed by atoms with Gasteiger partial charge in [0.25, 0.3) is 0 Å². The summed E-state index contributed by atoms with van der Waals surface area (Å²) in [6.45, 7) is 0. The van der Waals surface area contributed by atoms with Gasteiger partial charge < -0.3 is 5.32 Å². The van der Waals surface area contributed by atoms with Crippen molar-refractivity contribution < 1.29 is 13.2 Å². The minimum Gasteiger partial charge on any atom is -0.313 e. The molecule has 1 aliphatic rings. The highest BCUT2D eigenvalue weighted by Crippen LogP contribution is 2.30. The van der Waals surface area contributed by atoms with Gasteiger partial charge in [0.1, 0.15) is 5.69 Å². The zero-order valence-electron chi connectivity index (χ0n) is 11.7. The Morgan fingerprint density at radius 2 is 1.90 bits per heavy atom. The fourth-order valence-corrected chi connectivity index (χ4v) is 2.91. The Labute approximate surface area is 120 Å². The normalized spacial score (nSPS) is 18.4. The van der Waals surface area contributed by atoms with Crippen molar-refractivity contribution >= 4 is 0 Å². The van der Waals surface area contributed by atoms with Gasteiger partial charge in [-0.15, -0.1) is 0 Å². The average Bonchev–Trinajstić information content (AvgIpc) is 2.75. The monoisotopic (exact) mass is 295 g/mol. The first kappa shape index (κ1) is 14.1. The predicted molar refractivity (Wildman–Crippen MR) is 72.8 cm³/mol. The standard InChI is InChI=1S/C15H16F3N3/c1-19-13-4-2-3-5-14-9(13)8-20-21(14)15-7-11(17)10(16)6-12(15)18/h6-8,13,19H,2-5H2,1H3. The number of halogens is 3. The van der Waals surface area contributed by atoms with Gasteiger partial charge in [0, 0.05) is 29.4 Å². The van der Waals surface area contributed by atoms with E-state index in [1.54, 1.807) is 6.20 Å². The Balaban J connectivity index is 2.12. The van der Waals surface area contributed by atoms with E-state index in [0.29, 0.717) is 6.07 Å². The third-order valence-electron chi connectivity index (χ3n) is 4.00. The lowest BCUT2D eigenvalue weighted by molar-refractivity contribution is 0.490. The molecule has 112 valence electrons. The van der Waals surface area contributed by atoms with Crippen molar-refractivity contribution in [3.8, 4) is 5.69 Å². The van der Waals surface area contributed by atoms with Gasteiger partial charge in [-0.3, -0.25) is 0 Å². The summed E-state index contributed by atoms with van der Waals surface area (Å²) in [6, 6.07) is 1.58. The van der Waals surface area contributed by atoms with Gasteiger partial charge in [-0.2, -0.15) is 5.10 Å². The molecule has 0 fully saturated rings. The fraction of sp³-hybridized carbons (Fsp3) is 0.400. The Morgan fingerprint density at radius 1 is 1.14 bits per heavy atom. The van der Waals surface area contributed by atoms with E-state index in [9.17, 15) is 13.2 Å². The molecule has 0 radical (unpaired) electrons. The third-order valence-corrected chi connectivity index (χ3v) is 4.00. The van der Waals surface area contributed by atoms with Crippen LogP contribution in [0.15, 0.2) is 18.3 Å². The molecular formula is C15H16F3N3. The summed E-state index contributed by atoms with van der Waals surface area (Å²) in [7, 11) is 1.87. The molecule has 0 spiro atoms. The van der Waals surface area contributed by atoms with Crippen molar-refractivity contribution in [3.05, 3.63) is 47.0 Å². The van der Waals surface area contributed by atoms with Crippen molar-refractivity contribution in [2.45, 2.75) is 31.7 Å². The number of benzene rings is 1. The van der Waals surface area contributed by atoms with Gasteiger partial charge in [0.05, 0.1) is 6.20 Å². The van der Waals surface area contributed by atoms with E-state index in [1.807, 2.05) is 7.05 Å². The van der Waals surface area contributed by atoms with E-state index >= 15 is 0 Å². The summed E-state index contributed by atoms with van der Waals surface area (Å²) in [5, 5.41) is 7.41. The first-order valence-corrected chi connectivity index (χ1v) is 7.00. The summed E-state index contributed by atoms with van der Waals surface area (Å²) < 4.78 is 41.8. The lowest BCUT2D eigenvalue weighted by Crippen LogP contribution is -2.16. The highest BCUT2D eigenvalue weighted by molar-refractivity contribution is 5.38. The number of fused-ring (bicyclic) bond motifs is 1. The molecule has 0 aliphatic heterocycles. The van der Waals surface area contributed by atoms with Crippen LogP contribution >= 0.6 is 0 Å². The largest absolute Gasteiger partial charge is 0.313 e. The SMILES string of the molecule is CNC1CCCCc2c1cnn2-c1cc(F)c(F)cc1F. The molecule has 2 aromatic rings. The van der Waals surface area contributed by atoms with Gasteiger partial charge in [-0.25, -0.2) is 17.9 Å². The Kier molecular flexibility index (Phi) is 3.71. The van der Waals surface area contributed by atoms with Gasteiger partial charge in [0.15, 0.2) is 17.5 Å². The zero-order valence-corrected chi connectivity index (χ0v) is 11.7. The second-order valence-corrected chi connectivity index (χ2v) is 5.26. The van der Waals surface area contributed by atoms with Crippen molar-refractivity contribution in [3.63, 3.8) is 0 Å². The minimum absolute atomic E-state index is 0.0492. The molecule has 1 aromatic heterocycles. The highest BCUT2D eigenvalue weighted by atomic mass is 19.2. The molecule has 0 amide bonds. The smallest absolute Gasteiger partial charge is 0.161 e. The Morgan fingerprint density at radius 3 is 2.67 bits per heavy atom. The molecule has 0 saturated heterocycles. The van der Waals surface area contributed by atoms with Gasteiger partial charge in [-0.05, 0) is 26.3 Å². The number of nitrogens with zero attached hydrogens (tertiary/aromatic N) is 2. The quantitative estimate of drug-likeness (QED) is 0.680. The summed E-state index contributed by atoms with van der Waals surface area (Å²) >= 11 is 0. The predicted octanol–water partition coefficient (Wildman–Crippen LogP) is 3.28. The van der Waals surface area contributed by atoms with E-state index < -0.39 is 17.5 Å². The van der Waals surface area contributed by atoms with Crippen molar-refractivity contribution in [2.75, 3.05) is 7.05 Å². The van der Waals surface area contributed by atoms with Crippen LogP contribution in [-0.2, 0) is 6.42 Å². The second kappa shape index (κ2) is 5.52. The average molecular weight is 295 g/mol. The van der Waals surface area contributed by atoms with Crippen LogP contribution in [-0.4, -0.2) is 16.8 Å². The maximum absolute atomic E-state index is 14.0. The number of rotatable bonds is 2. The Hall–Kier alpha value is -1.82. The molecule has 0 saturated carbocycles. The zero-order chi connectivity index (χ0) is 15.0. The molecular weight excluding hydrogens is 279 g/mol. The van der Waals surface area contributed by atoms with Crippen LogP contribution in [0.5, 0.6) is 0 Å². The van der Waals surface area contributed by atoms with Crippen LogP contribution in [0.1, 0.15) is 36.6 Å². The third kappa shape index (κ3) is 2.44. The summed E-state index contributed by atoms with van der Waals surface area (Å²) in [6.07, 6.45) is 5.42. The number of hydrogen-bond acceptors (Lipinski definition) is 2. The van der Waals surface area contributed by atoms with Crippen LogP contribution in [0.2, 0.25) is 0 Å². The molecule has 6 heteroatoms. The van der Waals surface area contributed by atoms with Crippen LogP contribution in [0, 0.1) is 17.5 Å². The lowest BCUT2D eigenvalue weighted by Gasteiger charge is -2.14. The lowest BCUT2D eigenvalue weighted by atomic mass is 10.1. The fourth-order valence-electron chi connectivity index (χ4n) is 2.91. The van der Waals surface area contributed by atoms with Crippen LogP contribution in [0.25, 0.3) is 5.69 Å². The van der Waals surface area contributed by atoms with Crippen LogP contribution in [0.4, 0.5) is 13.2 Å². The van der Waals surface area contributed by atoms with Crippen LogP contribution < -0.4 is 5.32 Å². The van der Waals surface area contributed by atoms with Gasteiger partial charge in [-0.1, -0.05) is 6.42 Å². The molecule has 1 unspecified atom stereocenters. The summed E-state index contributed by atoms with van der Waals surface area (Å²) in [5.74, 6) is -3.08. The van der Waals surface area contributed by atoms with Gasteiger partial charge >= 0.3 is 0 Å². The molecule has 1 heterocycles. The summed E-state index contributed by atoms with van der Waals surface area (Å²) in [4.78, 5) is 0. The van der Waals surface area contributed by atoms with E-state index in [0.717, 1.165) is 43.0 Å². The minimum atomic E-state index is -1.19.